The number of aromatic amines is 1. The van der Waals surface area contributed by atoms with Crippen molar-refractivity contribution in [1.29, 1.82) is 0 Å². The SMILES string of the molecule is Cc1cc(-c2n[nH]c3ccc(C(=O)N[C@@H]4CCCN(Cc5c(C)cccc5C)C4)cc23)ccn1. The van der Waals surface area contributed by atoms with Gasteiger partial charge in [-0.05, 0) is 87.2 Å². The van der Waals surface area contributed by atoms with Crippen LogP contribution in [-0.2, 0) is 6.54 Å². The van der Waals surface area contributed by atoms with Gasteiger partial charge in [-0.15, -0.1) is 0 Å². The molecule has 34 heavy (non-hydrogen) atoms. The van der Waals surface area contributed by atoms with Crippen molar-refractivity contribution in [2.45, 2.75) is 46.2 Å². The van der Waals surface area contributed by atoms with Crippen LogP contribution in [0.3, 0.4) is 0 Å². The minimum atomic E-state index is -0.0288. The lowest BCUT2D eigenvalue weighted by Crippen LogP contribution is -2.47. The second-order valence-corrected chi connectivity index (χ2v) is 9.44. The predicted molar refractivity (Wildman–Crippen MR) is 136 cm³/mol. The Morgan fingerprint density at radius 3 is 2.74 bits per heavy atom. The maximum absolute atomic E-state index is 13.2. The molecule has 4 aromatic rings. The first kappa shape index (κ1) is 22.3. The fourth-order valence-corrected chi connectivity index (χ4v) is 4.98. The van der Waals surface area contributed by atoms with Crippen molar-refractivity contribution in [2.24, 2.45) is 0 Å². The van der Waals surface area contributed by atoms with E-state index in [2.05, 4.69) is 57.4 Å². The van der Waals surface area contributed by atoms with Crippen molar-refractivity contribution in [3.05, 3.63) is 82.7 Å². The lowest BCUT2D eigenvalue weighted by Gasteiger charge is -2.33. The first-order chi connectivity index (χ1) is 16.5. The summed E-state index contributed by atoms with van der Waals surface area (Å²) in [7, 11) is 0. The van der Waals surface area contributed by atoms with E-state index in [1.54, 1.807) is 6.20 Å². The van der Waals surface area contributed by atoms with Gasteiger partial charge in [0.15, 0.2) is 0 Å². The highest BCUT2D eigenvalue weighted by Crippen LogP contribution is 2.27. The fourth-order valence-electron chi connectivity index (χ4n) is 4.98. The number of hydrogen-bond acceptors (Lipinski definition) is 4. The van der Waals surface area contributed by atoms with Gasteiger partial charge >= 0.3 is 0 Å². The summed E-state index contributed by atoms with van der Waals surface area (Å²) < 4.78 is 0. The molecule has 0 unspecified atom stereocenters. The zero-order chi connectivity index (χ0) is 23.7. The van der Waals surface area contributed by atoms with Crippen LogP contribution in [0.5, 0.6) is 0 Å². The van der Waals surface area contributed by atoms with Crippen molar-refractivity contribution in [3.63, 3.8) is 0 Å². The van der Waals surface area contributed by atoms with E-state index in [1.807, 2.05) is 37.3 Å². The van der Waals surface area contributed by atoms with E-state index in [-0.39, 0.29) is 11.9 Å². The van der Waals surface area contributed by atoms with Gasteiger partial charge in [-0.3, -0.25) is 19.8 Å². The zero-order valence-electron chi connectivity index (χ0n) is 20.1. The van der Waals surface area contributed by atoms with Crippen molar-refractivity contribution < 1.29 is 4.79 Å². The van der Waals surface area contributed by atoms with Crippen LogP contribution in [0.15, 0.2) is 54.7 Å². The summed E-state index contributed by atoms with van der Waals surface area (Å²) in [6, 6.07) is 16.3. The van der Waals surface area contributed by atoms with E-state index in [9.17, 15) is 4.79 Å². The summed E-state index contributed by atoms with van der Waals surface area (Å²) in [5, 5.41) is 11.8. The number of carbonyl (C=O) groups excluding carboxylic acids is 1. The van der Waals surface area contributed by atoms with E-state index in [4.69, 9.17) is 0 Å². The van der Waals surface area contributed by atoms with Crippen LogP contribution >= 0.6 is 0 Å². The molecule has 1 saturated heterocycles. The molecule has 0 radical (unpaired) electrons. The van der Waals surface area contributed by atoms with Gasteiger partial charge in [0.05, 0.1) is 5.52 Å². The number of amides is 1. The molecule has 0 spiro atoms. The number of H-pyrrole nitrogens is 1. The molecule has 5 rings (SSSR count). The number of pyridine rings is 1. The Balaban J connectivity index is 1.31. The molecule has 0 saturated carbocycles. The molecule has 1 fully saturated rings. The Bertz CT molecular complexity index is 1320. The minimum Gasteiger partial charge on any atom is -0.348 e. The number of rotatable bonds is 5. The number of hydrogen-bond donors (Lipinski definition) is 2. The van der Waals surface area contributed by atoms with Crippen molar-refractivity contribution in [1.82, 2.24) is 25.4 Å². The highest BCUT2D eigenvalue weighted by Gasteiger charge is 2.23. The maximum atomic E-state index is 13.2. The molecular formula is C28H31N5O. The third-order valence-electron chi connectivity index (χ3n) is 6.86. The Kier molecular flexibility index (Phi) is 6.16. The predicted octanol–water partition coefficient (Wildman–Crippen LogP) is 4.94. The highest BCUT2D eigenvalue weighted by atomic mass is 16.1. The monoisotopic (exact) mass is 453 g/mol. The molecule has 6 heteroatoms. The molecule has 2 aromatic heterocycles. The number of nitrogens with one attached hydrogen (secondary N) is 2. The third kappa shape index (κ3) is 4.59. The van der Waals surface area contributed by atoms with Gasteiger partial charge in [0.1, 0.15) is 5.69 Å². The van der Waals surface area contributed by atoms with Gasteiger partial charge in [0.25, 0.3) is 5.91 Å². The summed E-state index contributed by atoms with van der Waals surface area (Å²) in [5.41, 5.74) is 8.41. The Labute approximate surface area is 200 Å². The molecule has 0 bridgehead atoms. The number of likely N-dealkylation sites (tertiary alicyclic amines) is 1. The Hall–Kier alpha value is -3.51. The summed E-state index contributed by atoms with van der Waals surface area (Å²) in [6.45, 7) is 9.19. The van der Waals surface area contributed by atoms with Crippen molar-refractivity contribution in [2.75, 3.05) is 13.1 Å². The third-order valence-corrected chi connectivity index (χ3v) is 6.86. The minimum absolute atomic E-state index is 0.0288. The number of carbonyl (C=O) groups is 1. The molecule has 0 aliphatic carbocycles. The van der Waals surface area contributed by atoms with Gasteiger partial charge in [0.2, 0.25) is 0 Å². The first-order valence-corrected chi connectivity index (χ1v) is 12.0. The smallest absolute Gasteiger partial charge is 0.251 e. The standard InChI is InChI=1S/C28H31N5O/c1-18-6-4-7-19(2)25(18)17-33-13-5-8-23(16-33)30-28(34)22-9-10-26-24(15-22)27(32-31-26)21-11-12-29-20(3)14-21/h4,6-7,9-12,14-15,23H,5,8,13,16-17H2,1-3H3,(H,30,34)(H,31,32)/t23-/m1/s1. The van der Waals surface area contributed by atoms with E-state index >= 15 is 0 Å². The topological polar surface area (TPSA) is 73.9 Å². The average molecular weight is 454 g/mol. The number of nitrogens with zero attached hydrogens (tertiary/aromatic N) is 3. The molecule has 6 nitrogen and oxygen atoms in total. The van der Waals surface area contributed by atoms with E-state index < -0.39 is 0 Å². The molecule has 2 N–H and O–H groups in total. The summed E-state index contributed by atoms with van der Waals surface area (Å²) in [4.78, 5) is 19.9. The lowest BCUT2D eigenvalue weighted by atomic mass is 9.99. The largest absolute Gasteiger partial charge is 0.348 e. The second-order valence-electron chi connectivity index (χ2n) is 9.44. The number of benzene rings is 2. The lowest BCUT2D eigenvalue weighted by molar-refractivity contribution is 0.0900. The van der Waals surface area contributed by atoms with E-state index in [1.165, 1.54) is 16.7 Å². The van der Waals surface area contributed by atoms with Gasteiger partial charge in [0, 0.05) is 47.5 Å². The molecule has 1 amide bonds. The average Bonchev–Trinajstić information content (AvgIpc) is 3.25. The molecule has 1 aliphatic rings. The first-order valence-electron chi connectivity index (χ1n) is 12.0. The number of aromatic nitrogens is 3. The van der Waals surface area contributed by atoms with Gasteiger partial charge in [-0.2, -0.15) is 5.10 Å². The van der Waals surface area contributed by atoms with Crippen LogP contribution in [0.25, 0.3) is 22.2 Å². The quantitative estimate of drug-likeness (QED) is 0.449. The van der Waals surface area contributed by atoms with E-state index in [0.717, 1.165) is 60.3 Å². The zero-order valence-corrected chi connectivity index (χ0v) is 20.1. The van der Waals surface area contributed by atoms with Gasteiger partial charge < -0.3 is 5.32 Å². The van der Waals surface area contributed by atoms with Crippen LogP contribution in [0.1, 0.15) is 45.6 Å². The molecule has 174 valence electrons. The summed E-state index contributed by atoms with van der Waals surface area (Å²) in [6.07, 6.45) is 3.88. The van der Waals surface area contributed by atoms with Gasteiger partial charge in [-0.1, -0.05) is 18.2 Å². The molecule has 1 atom stereocenters. The number of aryl methyl sites for hydroxylation is 3. The fraction of sp³-hybridized carbons (Fsp3) is 0.321. The molecule has 1 aliphatic heterocycles. The summed E-state index contributed by atoms with van der Waals surface area (Å²) in [5.74, 6) is -0.0288. The normalized spacial score (nSPS) is 16.6. The highest BCUT2D eigenvalue weighted by molar-refractivity contribution is 6.01. The van der Waals surface area contributed by atoms with Crippen LogP contribution in [0.2, 0.25) is 0 Å². The Morgan fingerprint density at radius 1 is 1.12 bits per heavy atom. The number of fused-ring (bicyclic) bond motifs is 1. The molecule has 3 heterocycles. The van der Waals surface area contributed by atoms with Crippen molar-refractivity contribution in [3.8, 4) is 11.3 Å². The van der Waals surface area contributed by atoms with Crippen molar-refractivity contribution >= 4 is 16.8 Å². The Morgan fingerprint density at radius 2 is 1.94 bits per heavy atom. The number of piperidine rings is 1. The maximum Gasteiger partial charge on any atom is 0.251 e. The second kappa shape index (κ2) is 9.39. The van der Waals surface area contributed by atoms with Gasteiger partial charge in [-0.25, -0.2) is 0 Å². The summed E-state index contributed by atoms with van der Waals surface area (Å²) >= 11 is 0. The van der Waals surface area contributed by atoms with Crippen LogP contribution in [0, 0.1) is 20.8 Å². The molecular weight excluding hydrogens is 422 g/mol. The van der Waals surface area contributed by atoms with E-state index in [0.29, 0.717) is 5.56 Å². The van der Waals surface area contributed by atoms with Crippen LogP contribution in [-0.4, -0.2) is 45.1 Å². The van der Waals surface area contributed by atoms with Crippen LogP contribution in [0.4, 0.5) is 0 Å². The molecule has 2 aromatic carbocycles. The van der Waals surface area contributed by atoms with Crippen LogP contribution < -0.4 is 5.32 Å².